The van der Waals surface area contributed by atoms with Gasteiger partial charge in [0.25, 0.3) is 0 Å². The molecule has 106 valence electrons. The molecule has 2 rings (SSSR count). The van der Waals surface area contributed by atoms with Crippen LogP contribution in [0.4, 0.5) is 4.39 Å². The Morgan fingerprint density at radius 1 is 1.10 bits per heavy atom. The summed E-state index contributed by atoms with van der Waals surface area (Å²) in [5, 5.41) is 0. The van der Waals surface area contributed by atoms with Crippen LogP contribution in [-0.4, -0.2) is 6.10 Å². The molecule has 1 atom stereocenters. The van der Waals surface area contributed by atoms with Gasteiger partial charge in [-0.05, 0) is 50.1 Å². The fourth-order valence-corrected chi connectivity index (χ4v) is 2.12. The molecule has 1 unspecified atom stereocenters. The van der Waals surface area contributed by atoms with Crippen LogP contribution in [0.2, 0.25) is 0 Å². The third-order valence-corrected chi connectivity index (χ3v) is 3.08. The van der Waals surface area contributed by atoms with E-state index in [-0.39, 0.29) is 11.9 Å². The van der Waals surface area contributed by atoms with Crippen molar-refractivity contribution in [3.05, 3.63) is 65.0 Å². The molecule has 3 heteroatoms. The maximum Gasteiger partial charge on any atom is 0.128 e. The molecule has 0 aromatic heterocycles. The molecular weight excluding hydrogens is 253 g/mol. The van der Waals surface area contributed by atoms with Crippen molar-refractivity contribution in [2.45, 2.75) is 32.9 Å². The van der Waals surface area contributed by atoms with Crippen LogP contribution >= 0.6 is 0 Å². The molecule has 2 aromatic carbocycles. The van der Waals surface area contributed by atoms with Crippen LogP contribution in [0.1, 0.15) is 36.6 Å². The standard InChI is InChI=1S/C17H20FNO/c1-11(2)20-14-6-4-5-13(10-14)17(19)15-8-7-12(3)9-16(15)18/h4-11,17H,19H2,1-3H3. The number of hydrogen-bond acceptors (Lipinski definition) is 2. The number of hydrogen-bond donors (Lipinski definition) is 1. The minimum absolute atomic E-state index is 0.0950. The van der Waals surface area contributed by atoms with Crippen molar-refractivity contribution in [3.63, 3.8) is 0 Å². The van der Waals surface area contributed by atoms with Crippen LogP contribution in [0.3, 0.4) is 0 Å². The predicted octanol–water partition coefficient (Wildman–Crippen LogP) is 3.97. The lowest BCUT2D eigenvalue weighted by Gasteiger charge is -2.16. The highest BCUT2D eigenvalue weighted by Gasteiger charge is 2.14. The molecule has 0 saturated carbocycles. The predicted molar refractivity (Wildman–Crippen MR) is 79.4 cm³/mol. The number of benzene rings is 2. The van der Waals surface area contributed by atoms with E-state index in [0.29, 0.717) is 5.56 Å². The van der Waals surface area contributed by atoms with Gasteiger partial charge in [-0.25, -0.2) is 4.39 Å². The smallest absolute Gasteiger partial charge is 0.128 e. The lowest BCUT2D eigenvalue weighted by Crippen LogP contribution is -2.14. The van der Waals surface area contributed by atoms with E-state index in [0.717, 1.165) is 16.9 Å². The molecule has 2 N–H and O–H groups in total. The summed E-state index contributed by atoms with van der Waals surface area (Å²) in [7, 11) is 0. The van der Waals surface area contributed by atoms with Crippen molar-refractivity contribution < 1.29 is 9.13 Å². The molecule has 0 bridgehead atoms. The van der Waals surface area contributed by atoms with Crippen LogP contribution in [0.25, 0.3) is 0 Å². The molecule has 0 aliphatic rings. The summed E-state index contributed by atoms with van der Waals surface area (Å²) in [6.45, 7) is 5.79. The fourth-order valence-electron chi connectivity index (χ4n) is 2.12. The second-order valence-corrected chi connectivity index (χ2v) is 5.24. The minimum atomic E-state index is -0.494. The normalized spacial score (nSPS) is 12.5. The summed E-state index contributed by atoms with van der Waals surface area (Å²) in [4.78, 5) is 0. The topological polar surface area (TPSA) is 35.2 Å². The molecule has 0 aliphatic carbocycles. The Morgan fingerprint density at radius 3 is 2.50 bits per heavy atom. The van der Waals surface area contributed by atoms with Crippen molar-refractivity contribution >= 4 is 0 Å². The van der Waals surface area contributed by atoms with Gasteiger partial charge in [0.05, 0.1) is 12.1 Å². The van der Waals surface area contributed by atoms with Gasteiger partial charge in [-0.3, -0.25) is 0 Å². The van der Waals surface area contributed by atoms with E-state index in [1.54, 1.807) is 6.07 Å². The summed E-state index contributed by atoms with van der Waals surface area (Å²) >= 11 is 0. The van der Waals surface area contributed by atoms with Crippen LogP contribution in [0.5, 0.6) is 5.75 Å². The van der Waals surface area contributed by atoms with E-state index in [9.17, 15) is 4.39 Å². The van der Waals surface area contributed by atoms with E-state index < -0.39 is 6.04 Å². The Balaban J connectivity index is 2.30. The second-order valence-electron chi connectivity index (χ2n) is 5.24. The molecule has 20 heavy (non-hydrogen) atoms. The van der Waals surface area contributed by atoms with Crippen LogP contribution in [-0.2, 0) is 0 Å². The van der Waals surface area contributed by atoms with Crippen molar-refractivity contribution in [1.29, 1.82) is 0 Å². The Bertz CT molecular complexity index is 595. The van der Waals surface area contributed by atoms with Gasteiger partial charge < -0.3 is 10.5 Å². The highest BCUT2D eigenvalue weighted by Crippen LogP contribution is 2.26. The molecule has 0 amide bonds. The quantitative estimate of drug-likeness (QED) is 0.914. The first-order chi connectivity index (χ1) is 9.47. The number of aryl methyl sites for hydroxylation is 1. The van der Waals surface area contributed by atoms with E-state index in [1.807, 2.05) is 51.1 Å². The summed E-state index contributed by atoms with van der Waals surface area (Å²) in [6.07, 6.45) is 0.0950. The van der Waals surface area contributed by atoms with E-state index in [2.05, 4.69) is 0 Å². The third kappa shape index (κ3) is 3.36. The largest absolute Gasteiger partial charge is 0.491 e. The second kappa shape index (κ2) is 6.06. The van der Waals surface area contributed by atoms with Gasteiger partial charge in [0.2, 0.25) is 0 Å². The number of rotatable bonds is 4. The van der Waals surface area contributed by atoms with Crippen molar-refractivity contribution in [2.75, 3.05) is 0 Å². The Kier molecular flexibility index (Phi) is 4.40. The molecule has 2 nitrogen and oxygen atoms in total. The Labute approximate surface area is 119 Å². The molecule has 2 aromatic rings. The highest BCUT2D eigenvalue weighted by molar-refractivity contribution is 5.37. The third-order valence-electron chi connectivity index (χ3n) is 3.08. The van der Waals surface area contributed by atoms with Gasteiger partial charge in [0.1, 0.15) is 11.6 Å². The average molecular weight is 273 g/mol. The first-order valence-electron chi connectivity index (χ1n) is 6.75. The first kappa shape index (κ1) is 14.5. The summed E-state index contributed by atoms with van der Waals surface area (Å²) in [5.41, 5.74) is 8.39. The zero-order valence-corrected chi connectivity index (χ0v) is 12.1. The number of nitrogens with two attached hydrogens (primary N) is 1. The minimum Gasteiger partial charge on any atom is -0.491 e. The van der Waals surface area contributed by atoms with Crippen molar-refractivity contribution in [1.82, 2.24) is 0 Å². The lowest BCUT2D eigenvalue weighted by molar-refractivity contribution is 0.242. The zero-order chi connectivity index (χ0) is 14.7. The zero-order valence-electron chi connectivity index (χ0n) is 12.1. The maximum absolute atomic E-state index is 14.0. The van der Waals surface area contributed by atoms with E-state index in [1.165, 1.54) is 6.07 Å². The van der Waals surface area contributed by atoms with Gasteiger partial charge in [-0.15, -0.1) is 0 Å². The van der Waals surface area contributed by atoms with Crippen molar-refractivity contribution in [2.24, 2.45) is 5.73 Å². The van der Waals surface area contributed by atoms with Gasteiger partial charge in [-0.1, -0.05) is 24.3 Å². The summed E-state index contributed by atoms with van der Waals surface area (Å²) < 4.78 is 19.6. The van der Waals surface area contributed by atoms with Crippen LogP contribution < -0.4 is 10.5 Å². The van der Waals surface area contributed by atoms with E-state index in [4.69, 9.17) is 10.5 Å². The maximum atomic E-state index is 14.0. The van der Waals surface area contributed by atoms with Gasteiger partial charge in [0.15, 0.2) is 0 Å². The molecular formula is C17H20FNO. The molecule has 0 radical (unpaired) electrons. The number of halogens is 1. The molecule has 0 spiro atoms. The fraction of sp³-hybridized carbons (Fsp3) is 0.294. The summed E-state index contributed by atoms with van der Waals surface area (Å²) in [6, 6.07) is 12.1. The van der Waals surface area contributed by atoms with Crippen molar-refractivity contribution in [3.8, 4) is 5.75 Å². The summed E-state index contributed by atoms with van der Waals surface area (Å²) in [5.74, 6) is 0.480. The van der Waals surface area contributed by atoms with Gasteiger partial charge in [-0.2, -0.15) is 0 Å². The van der Waals surface area contributed by atoms with Crippen LogP contribution in [0.15, 0.2) is 42.5 Å². The molecule has 0 aliphatic heterocycles. The SMILES string of the molecule is Cc1ccc(C(N)c2cccc(OC(C)C)c2)c(F)c1. The molecule has 0 saturated heterocycles. The van der Waals surface area contributed by atoms with Gasteiger partial charge in [0, 0.05) is 5.56 Å². The average Bonchev–Trinajstić information content (AvgIpc) is 2.37. The molecule has 0 fully saturated rings. The van der Waals surface area contributed by atoms with E-state index >= 15 is 0 Å². The van der Waals surface area contributed by atoms with Gasteiger partial charge >= 0.3 is 0 Å². The lowest BCUT2D eigenvalue weighted by atomic mass is 9.98. The highest BCUT2D eigenvalue weighted by atomic mass is 19.1. The number of ether oxygens (including phenoxy) is 1. The molecule has 0 heterocycles. The van der Waals surface area contributed by atoms with Crippen LogP contribution in [0, 0.1) is 12.7 Å². The Hall–Kier alpha value is -1.87. The Morgan fingerprint density at radius 2 is 1.85 bits per heavy atom. The monoisotopic (exact) mass is 273 g/mol. The first-order valence-corrected chi connectivity index (χ1v) is 6.75.